The summed E-state index contributed by atoms with van der Waals surface area (Å²) in [7, 11) is 0. The van der Waals surface area contributed by atoms with E-state index in [0.29, 0.717) is 23.2 Å². The van der Waals surface area contributed by atoms with Crippen LogP contribution in [0.2, 0.25) is 5.02 Å². The molecule has 1 saturated carbocycles. The van der Waals surface area contributed by atoms with Crippen molar-refractivity contribution in [2.24, 2.45) is 5.92 Å². The SMILES string of the molecule is CCCC1CC1NCc1c(Cl)cccc1[N+](=O)[O-]. The van der Waals surface area contributed by atoms with Crippen molar-refractivity contribution in [1.82, 2.24) is 5.32 Å². The zero-order valence-electron chi connectivity index (χ0n) is 10.4. The quantitative estimate of drug-likeness (QED) is 0.634. The van der Waals surface area contributed by atoms with E-state index in [1.54, 1.807) is 12.1 Å². The third kappa shape index (κ3) is 3.00. The van der Waals surface area contributed by atoms with E-state index in [9.17, 15) is 10.1 Å². The Bertz CT molecular complexity index is 451. The van der Waals surface area contributed by atoms with Gasteiger partial charge in [0, 0.05) is 18.7 Å². The Morgan fingerprint density at radius 1 is 1.56 bits per heavy atom. The summed E-state index contributed by atoms with van der Waals surface area (Å²) in [5, 5.41) is 14.7. The first kappa shape index (κ1) is 13.3. The molecule has 2 unspecified atom stereocenters. The summed E-state index contributed by atoms with van der Waals surface area (Å²) in [6.45, 7) is 2.65. The highest BCUT2D eigenvalue weighted by atomic mass is 35.5. The van der Waals surface area contributed by atoms with Crippen LogP contribution >= 0.6 is 11.6 Å². The Morgan fingerprint density at radius 3 is 3.00 bits per heavy atom. The third-order valence-corrected chi connectivity index (χ3v) is 3.77. The topological polar surface area (TPSA) is 55.2 Å². The molecule has 0 aliphatic heterocycles. The van der Waals surface area contributed by atoms with Crippen molar-refractivity contribution < 1.29 is 4.92 Å². The van der Waals surface area contributed by atoms with E-state index < -0.39 is 0 Å². The summed E-state index contributed by atoms with van der Waals surface area (Å²) in [5.74, 6) is 0.733. The van der Waals surface area contributed by atoms with Crippen LogP contribution in [0.1, 0.15) is 31.7 Å². The van der Waals surface area contributed by atoms with E-state index in [4.69, 9.17) is 11.6 Å². The van der Waals surface area contributed by atoms with Gasteiger partial charge in [0.2, 0.25) is 0 Å². The normalized spacial score (nSPS) is 21.9. The highest BCUT2D eigenvalue weighted by Gasteiger charge is 2.35. The van der Waals surface area contributed by atoms with Gasteiger partial charge in [-0.05, 0) is 24.8 Å². The molecule has 1 aromatic rings. The molecule has 0 radical (unpaired) electrons. The van der Waals surface area contributed by atoms with Crippen LogP contribution in [0.5, 0.6) is 0 Å². The Labute approximate surface area is 111 Å². The molecule has 0 heterocycles. The van der Waals surface area contributed by atoms with E-state index in [2.05, 4.69) is 12.2 Å². The maximum atomic E-state index is 10.9. The molecule has 18 heavy (non-hydrogen) atoms. The largest absolute Gasteiger partial charge is 0.309 e. The molecule has 5 heteroatoms. The molecule has 0 spiro atoms. The molecule has 0 bridgehead atoms. The fourth-order valence-corrected chi connectivity index (χ4v) is 2.55. The van der Waals surface area contributed by atoms with Gasteiger partial charge in [-0.2, -0.15) is 0 Å². The van der Waals surface area contributed by atoms with E-state index in [1.807, 2.05) is 0 Å². The van der Waals surface area contributed by atoms with Crippen LogP contribution < -0.4 is 5.32 Å². The molecule has 1 aliphatic rings. The van der Waals surface area contributed by atoms with E-state index in [1.165, 1.54) is 25.3 Å². The fourth-order valence-electron chi connectivity index (χ4n) is 2.31. The van der Waals surface area contributed by atoms with Gasteiger partial charge in [0.1, 0.15) is 0 Å². The summed E-state index contributed by atoms with van der Waals surface area (Å²) in [5.41, 5.74) is 0.689. The number of rotatable bonds is 6. The zero-order chi connectivity index (χ0) is 13.1. The summed E-state index contributed by atoms with van der Waals surface area (Å²) in [4.78, 5) is 10.5. The number of nitro benzene ring substituents is 1. The monoisotopic (exact) mass is 268 g/mol. The smallest absolute Gasteiger partial charge is 0.275 e. The van der Waals surface area contributed by atoms with Crippen LogP contribution in [0.3, 0.4) is 0 Å². The molecule has 2 rings (SSSR count). The Balaban J connectivity index is 1.99. The van der Waals surface area contributed by atoms with Gasteiger partial charge in [-0.25, -0.2) is 0 Å². The maximum Gasteiger partial charge on any atom is 0.275 e. The Kier molecular flexibility index (Phi) is 4.19. The second kappa shape index (κ2) is 5.67. The number of nitrogens with zero attached hydrogens (tertiary/aromatic N) is 1. The first-order valence-electron chi connectivity index (χ1n) is 6.28. The lowest BCUT2D eigenvalue weighted by Gasteiger charge is -2.07. The molecule has 2 atom stereocenters. The minimum atomic E-state index is -0.376. The van der Waals surface area contributed by atoms with Gasteiger partial charge in [0.25, 0.3) is 5.69 Å². The van der Waals surface area contributed by atoms with E-state index in [-0.39, 0.29) is 10.6 Å². The maximum absolute atomic E-state index is 10.9. The molecule has 0 amide bonds. The molecule has 1 aromatic carbocycles. The second-order valence-corrected chi connectivity index (χ2v) is 5.17. The number of nitro groups is 1. The average molecular weight is 269 g/mol. The van der Waals surface area contributed by atoms with Crippen molar-refractivity contribution in [3.05, 3.63) is 38.9 Å². The van der Waals surface area contributed by atoms with Gasteiger partial charge in [-0.3, -0.25) is 10.1 Å². The number of hydrogen-bond donors (Lipinski definition) is 1. The zero-order valence-corrected chi connectivity index (χ0v) is 11.1. The first-order valence-corrected chi connectivity index (χ1v) is 6.66. The van der Waals surface area contributed by atoms with Crippen LogP contribution in [0.15, 0.2) is 18.2 Å². The molecule has 4 nitrogen and oxygen atoms in total. The first-order chi connectivity index (χ1) is 8.63. The van der Waals surface area contributed by atoms with Gasteiger partial charge in [0.15, 0.2) is 0 Å². The molecule has 0 saturated heterocycles. The summed E-state index contributed by atoms with van der Waals surface area (Å²) in [6.07, 6.45) is 3.59. The van der Waals surface area contributed by atoms with Crippen molar-refractivity contribution in [2.45, 2.75) is 38.8 Å². The lowest BCUT2D eigenvalue weighted by Crippen LogP contribution is -2.18. The highest BCUT2D eigenvalue weighted by Crippen LogP contribution is 2.35. The summed E-state index contributed by atoms with van der Waals surface area (Å²) in [6, 6.07) is 5.31. The van der Waals surface area contributed by atoms with E-state index in [0.717, 1.165) is 5.92 Å². The number of halogens is 1. The van der Waals surface area contributed by atoms with Crippen LogP contribution in [-0.4, -0.2) is 11.0 Å². The minimum Gasteiger partial charge on any atom is -0.309 e. The van der Waals surface area contributed by atoms with Gasteiger partial charge in [0.05, 0.1) is 15.5 Å². The summed E-state index contributed by atoms with van der Waals surface area (Å²) < 4.78 is 0. The number of nitrogens with one attached hydrogen (secondary N) is 1. The fraction of sp³-hybridized carbons (Fsp3) is 0.538. The van der Waals surface area contributed by atoms with Gasteiger partial charge in [-0.1, -0.05) is 31.0 Å². The predicted octanol–water partition coefficient (Wildman–Crippen LogP) is 3.53. The lowest BCUT2D eigenvalue weighted by atomic mass is 10.1. The number of hydrogen-bond acceptors (Lipinski definition) is 3. The molecule has 1 aliphatic carbocycles. The molecular formula is C13H17ClN2O2. The van der Waals surface area contributed by atoms with Crippen LogP contribution in [0.25, 0.3) is 0 Å². The Hall–Kier alpha value is -1.13. The van der Waals surface area contributed by atoms with Gasteiger partial charge < -0.3 is 5.32 Å². The Morgan fingerprint density at radius 2 is 2.33 bits per heavy atom. The summed E-state index contributed by atoms with van der Waals surface area (Å²) >= 11 is 6.03. The molecule has 0 aromatic heterocycles. The van der Waals surface area contributed by atoms with Crippen molar-refractivity contribution in [1.29, 1.82) is 0 Å². The number of benzene rings is 1. The van der Waals surface area contributed by atoms with Crippen LogP contribution in [-0.2, 0) is 6.54 Å². The van der Waals surface area contributed by atoms with Crippen molar-refractivity contribution in [2.75, 3.05) is 0 Å². The van der Waals surface area contributed by atoms with Crippen molar-refractivity contribution in [3.63, 3.8) is 0 Å². The molecule has 98 valence electrons. The van der Waals surface area contributed by atoms with Crippen molar-refractivity contribution >= 4 is 17.3 Å². The van der Waals surface area contributed by atoms with Gasteiger partial charge in [-0.15, -0.1) is 0 Å². The second-order valence-electron chi connectivity index (χ2n) is 4.77. The average Bonchev–Trinajstić information content (AvgIpc) is 3.06. The molecular weight excluding hydrogens is 252 g/mol. The molecule has 1 fully saturated rings. The van der Waals surface area contributed by atoms with Crippen LogP contribution in [0.4, 0.5) is 5.69 Å². The lowest BCUT2D eigenvalue weighted by molar-refractivity contribution is -0.385. The third-order valence-electron chi connectivity index (χ3n) is 3.41. The minimum absolute atomic E-state index is 0.0997. The van der Waals surface area contributed by atoms with Crippen molar-refractivity contribution in [3.8, 4) is 0 Å². The molecule has 1 N–H and O–H groups in total. The standard InChI is InChI=1S/C13H17ClN2O2/c1-2-4-9-7-12(9)15-8-10-11(14)5-3-6-13(10)16(17)18/h3,5-6,9,12,15H,2,4,7-8H2,1H3. The van der Waals surface area contributed by atoms with Crippen LogP contribution in [0, 0.1) is 16.0 Å². The van der Waals surface area contributed by atoms with Gasteiger partial charge >= 0.3 is 0 Å². The highest BCUT2D eigenvalue weighted by molar-refractivity contribution is 6.31. The predicted molar refractivity (Wildman–Crippen MR) is 71.7 cm³/mol. The van der Waals surface area contributed by atoms with E-state index >= 15 is 0 Å².